The van der Waals surface area contributed by atoms with Crippen LogP contribution in [-0.4, -0.2) is 17.4 Å². The van der Waals surface area contributed by atoms with Gasteiger partial charge in [-0.1, -0.05) is 19.9 Å². The molecule has 110 valence electrons. The van der Waals surface area contributed by atoms with Gasteiger partial charge in [-0.25, -0.2) is 4.98 Å². The number of benzene rings is 1. The first kappa shape index (κ1) is 14.2. The molecule has 0 unspecified atom stereocenters. The first-order chi connectivity index (χ1) is 10.1. The molecule has 0 atom stereocenters. The van der Waals surface area contributed by atoms with E-state index in [2.05, 4.69) is 35.5 Å². The van der Waals surface area contributed by atoms with Crippen LogP contribution in [0, 0.1) is 0 Å². The molecule has 2 aromatic rings. The molecule has 2 N–H and O–H groups in total. The van der Waals surface area contributed by atoms with Crippen LogP contribution in [0.2, 0.25) is 0 Å². The summed E-state index contributed by atoms with van der Waals surface area (Å²) in [4.78, 5) is 16.8. The van der Waals surface area contributed by atoms with Gasteiger partial charge < -0.3 is 5.32 Å². The van der Waals surface area contributed by atoms with Crippen LogP contribution in [0.1, 0.15) is 46.9 Å². The maximum atomic E-state index is 12.3. The summed E-state index contributed by atoms with van der Waals surface area (Å²) in [6, 6.07) is 5.94. The van der Waals surface area contributed by atoms with Crippen LogP contribution in [0.3, 0.4) is 0 Å². The molecule has 0 radical (unpaired) electrons. The van der Waals surface area contributed by atoms with Gasteiger partial charge >= 0.3 is 0 Å². The fourth-order valence-electron chi connectivity index (χ4n) is 2.40. The zero-order chi connectivity index (χ0) is 14.8. The standard InChI is InChI=1S/C16H19N3OS/c1-10(2)14-9-21-16(18-14)19-15(20)12-4-3-11-5-6-17-8-13(11)7-12/h3-4,7,9-10,17H,5-6,8H2,1-2H3,(H,18,19,20). The first-order valence-electron chi connectivity index (χ1n) is 7.23. The summed E-state index contributed by atoms with van der Waals surface area (Å²) < 4.78 is 0. The highest BCUT2D eigenvalue weighted by molar-refractivity contribution is 7.14. The average molecular weight is 301 g/mol. The molecule has 3 rings (SSSR count). The minimum Gasteiger partial charge on any atom is -0.312 e. The van der Waals surface area contributed by atoms with E-state index in [-0.39, 0.29) is 5.91 Å². The molecule has 0 aliphatic carbocycles. The van der Waals surface area contributed by atoms with Crippen LogP contribution in [0.15, 0.2) is 23.6 Å². The van der Waals surface area contributed by atoms with Crippen LogP contribution in [0.5, 0.6) is 0 Å². The van der Waals surface area contributed by atoms with Crippen LogP contribution in [0.25, 0.3) is 0 Å². The second-order valence-electron chi connectivity index (χ2n) is 5.60. The molecular weight excluding hydrogens is 282 g/mol. The minimum absolute atomic E-state index is 0.0898. The predicted molar refractivity (Wildman–Crippen MR) is 86.0 cm³/mol. The summed E-state index contributed by atoms with van der Waals surface area (Å²) >= 11 is 1.47. The van der Waals surface area contributed by atoms with E-state index in [1.165, 1.54) is 22.5 Å². The van der Waals surface area contributed by atoms with Gasteiger partial charge in [0.1, 0.15) is 0 Å². The number of nitrogens with one attached hydrogen (secondary N) is 2. The molecule has 21 heavy (non-hydrogen) atoms. The smallest absolute Gasteiger partial charge is 0.257 e. The van der Waals surface area contributed by atoms with Gasteiger partial charge in [0.15, 0.2) is 5.13 Å². The average Bonchev–Trinajstić information content (AvgIpc) is 2.95. The van der Waals surface area contributed by atoms with Crippen molar-refractivity contribution in [1.29, 1.82) is 0 Å². The van der Waals surface area contributed by atoms with Gasteiger partial charge in [-0.2, -0.15) is 0 Å². The maximum absolute atomic E-state index is 12.3. The Labute approximate surface area is 128 Å². The lowest BCUT2D eigenvalue weighted by Gasteiger charge is -2.17. The normalized spacial score (nSPS) is 14.0. The summed E-state index contributed by atoms with van der Waals surface area (Å²) in [5.74, 6) is 0.287. The number of aromatic nitrogens is 1. The Morgan fingerprint density at radius 2 is 2.24 bits per heavy atom. The molecule has 5 heteroatoms. The predicted octanol–water partition coefficient (Wildman–Crippen LogP) is 3.16. The molecule has 1 amide bonds. The number of carbonyl (C=O) groups is 1. The van der Waals surface area contributed by atoms with E-state index >= 15 is 0 Å². The number of fused-ring (bicyclic) bond motifs is 1. The molecule has 1 aliphatic heterocycles. The van der Waals surface area contributed by atoms with E-state index in [4.69, 9.17) is 0 Å². The third-order valence-electron chi connectivity index (χ3n) is 3.69. The van der Waals surface area contributed by atoms with Crippen molar-refractivity contribution in [3.05, 3.63) is 46.0 Å². The number of hydrogen-bond acceptors (Lipinski definition) is 4. The number of nitrogens with zero attached hydrogens (tertiary/aromatic N) is 1. The summed E-state index contributed by atoms with van der Waals surface area (Å²) in [7, 11) is 0. The zero-order valence-corrected chi connectivity index (χ0v) is 13.1. The van der Waals surface area contributed by atoms with Crippen molar-refractivity contribution in [2.75, 3.05) is 11.9 Å². The lowest BCUT2D eigenvalue weighted by Crippen LogP contribution is -2.24. The molecule has 0 fully saturated rings. The molecule has 0 saturated heterocycles. The number of amides is 1. The lowest BCUT2D eigenvalue weighted by molar-refractivity contribution is 0.102. The fourth-order valence-corrected chi connectivity index (χ4v) is 3.27. The lowest BCUT2D eigenvalue weighted by atomic mass is 9.98. The number of thiazole rings is 1. The summed E-state index contributed by atoms with van der Waals surface area (Å²) in [5.41, 5.74) is 4.27. The Balaban J connectivity index is 1.75. The number of anilines is 1. The molecule has 0 bridgehead atoms. The fraction of sp³-hybridized carbons (Fsp3) is 0.375. The van der Waals surface area contributed by atoms with Crippen molar-refractivity contribution < 1.29 is 4.79 Å². The monoisotopic (exact) mass is 301 g/mol. The van der Waals surface area contributed by atoms with Gasteiger partial charge in [0.25, 0.3) is 5.91 Å². The van der Waals surface area contributed by atoms with Crippen molar-refractivity contribution >= 4 is 22.4 Å². The minimum atomic E-state index is -0.0898. The van der Waals surface area contributed by atoms with E-state index in [1.54, 1.807) is 0 Å². The summed E-state index contributed by atoms with van der Waals surface area (Å²) in [5, 5.41) is 8.88. The highest BCUT2D eigenvalue weighted by Gasteiger charge is 2.14. The third kappa shape index (κ3) is 3.14. The van der Waals surface area contributed by atoms with E-state index < -0.39 is 0 Å². The van der Waals surface area contributed by atoms with Gasteiger partial charge in [0, 0.05) is 17.5 Å². The third-order valence-corrected chi connectivity index (χ3v) is 4.46. The molecule has 1 aromatic heterocycles. The molecule has 1 aromatic carbocycles. The Morgan fingerprint density at radius 3 is 3.00 bits per heavy atom. The Morgan fingerprint density at radius 1 is 1.38 bits per heavy atom. The topological polar surface area (TPSA) is 54.0 Å². The molecule has 2 heterocycles. The van der Waals surface area contributed by atoms with Gasteiger partial charge in [-0.05, 0) is 42.1 Å². The van der Waals surface area contributed by atoms with E-state index in [0.717, 1.165) is 25.2 Å². The molecular formula is C16H19N3OS. The molecule has 1 aliphatic rings. The van der Waals surface area contributed by atoms with Crippen molar-refractivity contribution in [2.45, 2.75) is 32.7 Å². The van der Waals surface area contributed by atoms with Gasteiger partial charge in [-0.3, -0.25) is 10.1 Å². The first-order valence-corrected chi connectivity index (χ1v) is 8.11. The van der Waals surface area contributed by atoms with Gasteiger partial charge in [0.2, 0.25) is 0 Å². The van der Waals surface area contributed by atoms with Crippen molar-refractivity contribution in [1.82, 2.24) is 10.3 Å². The van der Waals surface area contributed by atoms with Crippen molar-refractivity contribution in [2.24, 2.45) is 0 Å². The molecule has 0 spiro atoms. The quantitative estimate of drug-likeness (QED) is 0.915. The summed E-state index contributed by atoms with van der Waals surface area (Å²) in [6.07, 6.45) is 1.03. The molecule has 0 saturated carbocycles. The Kier molecular flexibility index (Phi) is 4.03. The van der Waals surface area contributed by atoms with Gasteiger partial charge in [-0.15, -0.1) is 11.3 Å². The highest BCUT2D eigenvalue weighted by atomic mass is 32.1. The van der Waals surface area contributed by atoms with Gasteiger partial charge in [0.05, 0.1) is 5.69 Å². The Bertz CT molecular complexity index is 663. The zero-order valence-electron chi connectivity index (χ0n) is 12.3. The number of carbonyl (C=O) groups excluding carboxylic acids is 1. The highest BCUT2D eigenvalue weighted by Crippen LogP contribution is 2.22. The second kappa shape index (κ2) is 5.95. The van der Waals surface area contributed by atoms with Crippen LogP contribution in [-0.2, 0) is 13.0 Å². The number of hydrogen-bond donors (Lipinski definition) is 2. The Hall–Kier alpha value is -1.72. The summed E-state index contributed by atoms with van der Waals surface area (Å²) in [6.45, 7) is 6.04. The largest absolute Gasteiger partial charge is 0.312 e. The van der Waals surface area contributed by atoms with Crippen LogP contribution >= 0.6 is 11.3 Å². The van der Waals surface area contributed by atoms with Crippen LogP contribution < -0.4 is 10.6 Å². The van der Waals surface area contributed by atoms with Crippen LogP contribution in [0.4, 0.5) is 5.13 Å². The number of rotatable bonds is 3. The SMILES string of the molecule is CC(C)c1csc(NC(=O)c2ccc3c(c2)CNCC3)n1. The van der Waals surface area contributed by atoms with E-state index in [1.807, 2.05) is 17.5 Å². The maximum Gasteiger partial charge on any atom is 0.257 e. The van der Waals surface area contributed by atoms with E-state index in [0.29, 0.717) is 16.6 Å². The second-order valence-corrected chi connectivity index (χ2v) is 6.45. The molecule has 4 nitrogen and oxygen atoms in total. The van der Waals surface area contributed by atoms with E-state index in [9.17, 15) is 4.79 Å². The van der Waals surface area contributed by atoms with Crippen molar-refractivity contribution in [3.8, 4) is 0 Å². The van der Waals surface area contributed by atoms with Crippen molar-refractivity contribution in [3.63, 3.8) is 0 Å².